The first-order chi connectivity index (χ1) is 15.4. The normalized spacial score (nSPS) is 10.2. The van der Waals surface area contributed by atoms with Crippen molar-refractivity contribution in [3.8, 4) is 11.5 Å². The second kappa shape index (κ2) is 10.1. The molecule has 4 N–H and O–H groups in total. The first kappa shape index (κ1) is 22.4. The molecule has 3 rings (SSSR count). The molecule has 0 radical (unpaired) electrons. The molecule has 0 unspecified atom stereocenters. The van der Waals surface area contributed by atoms with E-state index in [1.807, 2.05) is 0 Å². The van der Waals surface area contributed by atoms with Gasteiger partial charge in [0.2, 0.25) is 5.91 Å². The molecular weight excluding hydrogens is 410 g/mol. The molecule has 8 heteroatoms. The van der Waals surface area contributed by atoms with Crippen molar-refractivity contribution in [2.24, 2.45) is 5.73 Å². The van der Waals surface area contributed by atoms with Gasteiger partial charge in [0.25, 0.3) is 11.8 Å². The molecule has 3 aromatic rings. The zero-order valence-electron chi connectivity index (χ0n) is 17.7. The number of rotatable bonds is 8. The number of ether oxygens (including phenoxy) is 2. The van der Waals surface area contributed by atoms with Crippen LogP contribution in [0.15, 0.2) is 66.7 Å². The van der Waals surface area contributed by atoms with Gasteiger partial charge in [0, 0.05) is 28.6 Å². The minimum absolute atomic E-state index is 0.193. The Labute approximate surface area is 185 Å². The van der Waals surface area contributed by atoms with Gasteiger partial charge in [-0.05, 0) is 61.0 Å². The highest BCUT2D eigenvalue weighted by Gasteiger charge is 2.12. The second-order valence-corrected chi connectivity index (χ2v) is 6.89. The van der Waals surface area contributed by atoms with E-state index >= 15 is 0 Å². The summed E-state index contributed by atoms with van der Waals surface area (Å²) in [5, 5.41) is 5.49. The SMILES string of the molecule is COc1cccc(NC(=O)COc2ccc(C(=O)Nc3cccc(C(N)=O)c3C)cc2)c1. The number of benzene rings is 3. The molecule has 164 valence electrons. The summed E-state index contributed by atoms with van der Waals surface area (Å²) in [5.41, 5.74) is 7.78. The quantitative estimate of drug-likeness (QED) is 0.503. The molecule has 32 heavy (non-hydrogen) atoms. The Kier molecular flexibility index (Phi) is 7.07. The highest BCUT2D eigenvalue weighted by molar-refractivity contribution is 6.06. The van der Waals surface area contributed by atoms with Gasteiger partial charge in [-0.2, -0.15) is 0 Å². The van der Waals surface area contributed by atoms with Crippen LogP contribution in [0.4, 0.5) is 11.4 Å². The fourth-order valence-corrected chi connectivity index (χ4v) is 2.98. The lowest BCUT2D eigenvalue weighted by molar-refractivity contribution is -0.118. The summed E-state index contributed by atoms with van der Waals surface area (Å²) in [4.78, 5) is 36.1. The van der Waals surface area contributed by atoms with Crippen molar-refractivity contribution in [3.05, 3.63) is 83.4 Å². The Morgan fingerprint density at radius 1 is 0.906 bits per heavy atom. The van der Waals surface area contributed by atoms with Gasteiger partial charge < -0.3 is 25.8 Å². The minimum Gasteiger partial charge on any atom is -0.497 e. The Hall–Kier alpha value is -4.33. The number of carbonyl (C=O) groups is 3. The number of nitrogens with two attached hydrogens (primary N) is 1. The third kappa shape index (κ3) is 5.63. The maximum atomic E-state index is 12.5. The zero-order valence-corrected chi connectivity index (χ0v) is 17.7. The van der Waals surface area contributed by atoms with Crippen LogP contribution in [0, 0.1) is 6.92 Å². The Morgan fingerprint density at radius 3 is 2.31 bits per heavy atom. The number of nitrogens with one attached hydrogen (secondary N) is 2. The van der Waals surface area contributed by atoms with E-state index in [1.54, 1.807) is 80.8 Å². The molecule has 0 aliphatic rings. The number of hydrogen-bond acceptors (Lipinski definition) is 5. The van der Waals surface area contributed by atoms with Gasteiger partial charge in [0.1, 0.15) is 11.5 Å². The largest absolute Gasteiger partial charge is 0.497 e. The maximum absolute atomic E-state index is 12.5. The van der Waals surface area contributed by atoms with Crippen molar-refractivity contribution in [2.45, 2.75) is 6.92 Å². The van der Waals surface area contributed by atoms with Crippen LogP contribution in [-0.2, 0) is 4.79 Å². The van der Waals surface area contributed by atoms with Crippen LogP contribution in [0.5, 0.6) is 11.5 Å². The lowest BCUT2D eigenvalue weighted by atomic mass is 10.1. The van der Waals surface area contributed by atoms with E-state index in [2.05, 4.69) is 10.6 Å². The standard InChI is InChI=1S/C24H23N3O5/c1-15-20(23(25)29)7-4-8-21(15)27-24(30)16-9-11-18(12-10-16)32-14-22(28)26-17-5-3-6-19(13-17)31-2/h3-13H,14H2,1-2H3,(H2,25,29)(H,26,28)(H,27,30). The van der Waals surface area contributed by atoms with E-state index in [0.29, 0.717) is 39.6 Å². The van der Waals surface area contributed by atoms with E-state index in [-0.39, 0.29) is 18.4 Å². The van der Waals surface area contributed by atoms with E-state index < -0.39 is 5.91 Å². The van der Waals surface area contributed by atoms with Crippen LogP contribution in [0.1, 0.15) is 26.3 Å². The summed E-state index contributed by atoms with van der Waals surface area (Å²) < 4.78 is 10.6. The summed E-state index contributed by atoms with van der Waals surface area (Å²) in [6, 6.07) is 18.3. The van der Waals surface area contributed by atoms with Gasteiger partial charge in [-0.1, -0.05) is 12.1 Å². The lowest BCUT2D eigenvalue weighted by Crippen LogP contribution is -2.20. The van der Waals surface area contributed by atoms with Crippen LogP contribution < -0.4 is 25.8 Å². The van der Waals surface area contributed by atoms with Crippen molar-refractivity contribution >= 4 is 29.1 Å². The molecule has 0 heterocycles. The molecule has 0 fully saturated rings. The third-order valence-corrected chi connectivity index (χ3v) is 4.69. The van der Waals surface area contributed by atoms with E-state index in [0.717, 1.165) is 0 Å². The predicted molar refractivity (Wildman–Crippen MR) is 121 cm³/mol. The van der Waals surface area contributed by atoms with E-state index in [9.17, 15) is 14.4 Å². The van der Waals surface area contributed by atoms with Gasteiger partial charge in [-0.3, -0.25) is 14.4 Å². The summed E-state index contributed by atoms with van der Waals surface area (Å²) >= 11 is 0. The van der Waals surface area contributed by atoms with Crippen LogP contribution in [0.2, 0.25) is 0 Å². The van der Waals surface area contributed by atoms with Gasteiger partial charge in [-0.25, -0.2) is 0 Å². The summed E-state index contributed by atoms with van der Waals surface area (Å²) in [6.07, 6.45) is 0. The van der Waals surface area contributed by atoms with Gasteiger partial charge in [0.15, 0.2) is 6.61 Å². The molecule has 0 aliphatic heterocycles. The molecule has 0 bridgehead atoms. The van der Waals surface area contributed by atoms with Crippen LogP contribution >= 0.6 is 0 Å². The molecule has 0 spiro atoms. The zero-order chi connectivity index (χ0) is 23.1. The van der Waals surface area contributed by atoms with Crippen LogP contribution in [-0.4, -0.2) is 31.4 Å². The molecular formula is C24H23N3O5. The minimum atomic E-state index is -0.560. The van der Waals surface area contributed by atoms with Crippen molar-refractivity contribution in [2.75, 3.05) is 24.4 Å². The van der Waals surface area contributed by atoms with Crippen LogP contribution in [0.25, 0.3) is 0 Å². The second-order valence-electron chi connectivity index (χ2n) is 6.89. The average molecular weight is 433 g/mol. The van der Waals surface area contributed by atoms with E-state index in [4.69, 9.17) is 15.2 Å². The monoisotopic (exact) mass is 433 g/mol. The number of carbonyl (C=O) groups excluding carboxylic acids is 3. The fourth-order valence-electron chi connectivity index (χ4n) is 2.98. The Balaban J connectivity index is 1.56. The van der Waals surface area contributed by atoms with Gasteiger partial charge in [0.05, 0.1) is 7.11 Å². The molecule has 3 aromatic carbocycles. The number of hydrogen-bond donors (Lipinski definition) is 3. The molecule has 3 amide bonds. The average Bonchev–Trinajstić information content (AvgIpc) is 2.79. The highest BCUT2D eigenvalue weighted by atomic mass is 16.5. The maximum Gasteiger partial charge on any atom is 0.262 e. The number of methoxy groups -OCH3 is 1. The van der Waals surface area contributed by atoms with Crippen molar-refractivity contribution in [1.82, 2.24) is 0 Å². The van der Waals surface area contributed by atoms with Gasteiger partial charge >= 0.3 is 0 Å². The van der Waals surface area contributed by atoms with Crippen molar-refractivity contribution in [3.63, 3.8) is 0 Å². The smallest absolute Gasteiger partial charge is 0.262 e. The topological polar surface area (TPSA) is 120 Å². The molecule has 0 aliphatic carbocycles. The summed E-state index contributed by atoms with van der Waals surface area (Å²) in [5.74, 6) is -0.166. The fraction of sp³-hybridized carbons (Fsp3) is 0.125. The van der Waals surface area contributed by atoms with Crippen molar-refractivity contribution < 1.29 is 23.9 Å². The molecule has 0 aromatic heterocycles. The number of anilines is 2. The Bertz CT molecular complexity index is 1140. The first-order valence-corrected chi connectivity index (χ1v) is 9.75. The summed E-state index contributed by atoms with van der Waals surface area (Å²) in [6.45, 7) is 1.52. The number of primary amides is 1. The first-order valence-electron chi connectivity index (χ1n) is 9.75. The molecule has 0 saturated heterocycles. The summed E-state index contributed by atoms with van der Waals surface area (Å²) in [7, 11) is 1.55. The number of amides is 3. The highest BCUT2D eigenvalue weighted by Crippen LogP contribution is 2.21. The lowest BCUT2D eigenvalue weighted by Gasteiger charge is -2.11. The Morgan fingerprint density at radius 2 is 1.62 bits per heavy atom. The van der Waals surface area contributed by atoms with Crippen LogP contribution in [0.3, 0.4) is 0 Å². The van der Waals surface area contributed by atoms with Crippen molar-refractivity contribution in [1.29, 1.82) is 0 Å². The van der Waals surface area contributed by atoms with Gasteiger partial charge in [-0.15, -0.1) is 0 Å². The molecule has 0 atom stereocenters. The third-order valence-electron chi connectivity index (χ3n) is 4.69. The molecule has 0 saturated carbocycles. The predicted octanol–water partition coefficient (Wildman–Crippen LogP) is 3.37. The molecule has 8 nitrogen and oxygen atoms in total. The van der Waals surface area contributed by atoms with E-state index in [1.165, 1.54) is 0 Å².